The average Bonchev–Trinajstić information content (AvgIpc) is 2.63. The molecule has 26 heavy (non-hydrogen) atoms. The Balaban J connectivity index is 1.90. The Morgan fingerprint density at radius 3 is 2.54 bits per heavy atom. The molecule has 3 rings (SSSR count). The topological polar surface area (TPSA) is 75.4 Å². The summed E-state index contributed by atoms with van der Waals surface area (Å²) in [5, 5.41) is 12.7. The van der Waals surface area contributed by atoms with Crippen molar-refractivity contribution in [1.82, 2.24) is 14.9 Å². The zero-order chi connectivity index (χ0) is 18.7. The van der Waals surface area contributed by atoms with Gasteiger partial charge in [0.05, 0.1) is 4.92 Å². The predicted molar refractivity (Wildman–Crippen MR) is 103 cm³/mol. The smallest absolute Gasteiger partial charge is 0.343 e. The molecule has 1 aliphatic rings. The maximum absolute atomic E-state index is 11.8. The van der Waals surface area contributed by atoms with Gasteiger partial charge in [-0.3, -0.25) is 10.1 Å². The van der Waals surface area contributed by atoms with E-state index in [2.05, 4.69) is 21.9 Å². The first-order valence-electron chi connectivity index (χ1n) is 8.30. The molecule has 0 amide bonds. The van der Waals surface area contributed by atoms with Crippen LogP contribution in [-0.2, 0) is 0 Å². The van der Waals surface area contributed by atoms with Gasteiger partial charge < -0.3 is 9.80 Å². The molecular formula is C17H20ClN5O2S. The van der Waals surface area contributed by atoms with E-state index in [-0.39, 0.29) is 16.7 Å². The largest absolute Gasteiger partial charge is 0.351 e. The first kappa shape index (κ1) is 18.9. The van der Waals surface area contributed by atoms with Crippen molar-refractivity contribution >= 4 is 34.9 Å². The van der Waals surface area contributed by atoms with E-state index in [0.29, 0.717) is 15.9 Å². The van der Waals surface area contributed by atoms with E-state index in [0.717, 1.165) is 30.8 Å². The number of benzene rings is 1. The molecular weight excluding hydrogens is 374 g/mol. The number of piperidine rings is 1. The molecule has 0 saturated carbocycles. The van der Waals surface area contributed by atoms with Crippen LogP contribution in [0.5, 0.6) is 0 Å². The molecule has 2 aromatic rings. The lowest BCUT2D eigenvalue weighted by molar-refractivity contribution is -0.387. The maximum Gasteiger partial charge on any atom is 0.343 e. The number of anilines is 1. The molecule has 1 fully saturated rings. The minimum Gasteiger partial charge on any atom is -0.351 e. The Morgan fingerprint density at radius 2 is 1.92 bits per heavy atom. The Hall–Kier alpha value is -1.90. The molecule has 138 valence electrons. The van der Waals surface area contributed by atoms with Crippen molar-refractivity contribution in [2.24, 2.45) is 0 Å². The van der Waals surface area contributed by atoms with Gasteiger partial charge in [-0.2, -0.15) is 0 Å². The van der Waals surface area contributed by atoms with Crippen LogP contribution in [0.25, 0.3) is 0 Å². The zero-order valence-electron chi connectivity index (χ0n) is 14.6. The van der Waals surface area contributed by atoms with Gasteiger partial charge in [-0.15, -0.1) is 0 Å². The summed E-state index contributed by atoms with van der Waals surface area (Å²) in [7, 11) is 3.96. The summed E-state index contributed by atoms with van der Waals surface area (Å²) in [6.07, 6.45) is 3.30. The lowest BCUT2D eigenvalue weighted by Gasteiger charge is -2.35. The van der Waals surface area contributed by atoms with E-state index in [1.54, 1.807) is 12.1 Å². The normalized spacial score (nSPS) is 15.8. The van der Waals surface area contributed by atoms with Crippen molar-refractivity contribution in [2.75, 3.05) is 32.1 Å². The van der Waals surface area contributed by atoms with E-state index in [1.807, 2.05) is 24.1 Å². The standard InChI is InChI=1S/C17H20ClN5O2S/c1-21-9-7-13(8-10-21)22(2)16-15(23(24)25)17(20-11-19-16)26-14-5-3-12(18)4-6-14/h3-6,11,13H,7-10H2,1-2H3. The fourth-order valence-electron chi connectivity index (χ4n) is 3.02. The molecule has 0 spiro atoms. The number of likely N-dealkylation sites (tertiary alicyclic amines) is 1. The first-order valence-corrected chi connectivity index (χ1v) is 9.49. The number of halogens is 1. The van der Waals surface area contributed by atoms with Crippen molar-refractivity contribution < 1.29 is 4.92 Å². The highest BCUT2D eigenvalue weighted by Crippen LogP contribution is 2.39. The highest BCUT2D eigenvalue weighted by Gasteiger charge is 2.30. The van der Waals surface area contributed by atoms with E-state index < -0.39 is 0 Å². The summed E-state index contributed by atoms with van der Waals surface area (Å²) in [4.78, 5) is 24.8. The lowest BCUT2D eigenvalue weighted by atomic mass is 10.0. The Kier molecular flexibility index (Phi) is 5.95. The van der Waals surface area contributed by atoms with Crippen molar-refractivity contribution in [3.63, 3.8) is 0 Å². The van der Waals surface area contributed by atoms with Crippen LogP contribution >= 0.6 is 23.4 Å². The third kappa shape index (κ3) is 4.25. The number of rotatable bonds is 5. The van der Waals surface area contributed by atoms with Crippen LogP contribution in [0.1, 0.15) is 12.8 Å². The SMILES string of the molecule is CN1CCC(N(C)c2ncnc(Sc3ccc(Cl)cc3)c2[N+](=O)[O-])CC1. The number of nitrogens with zero attached hydrogens (tertiary/aromatic N) is 5. The van der Waals surface area contributed by atoms with Crippen molar-refractivity contribution in [1.29, 1.82) is 0 Å². The second kappa shape index (κ2) is 8.20. The van der Waals surface area contributed by atoms with Crippen LogP contribution in [-0.4, -0.2) is 53.0 Å². The van der Waals surface area contributed by atoms with Gasteiger partial charge in [-0.1, -0.05) is 23.4 Å². The number of hydrogen-bond acceptors (Lipinski definition) is 7. The summed E-state index contributed by atoms with van der Waals surface area (Å²) in [6.45, 7) is 1.94. The van der Waals surface area contributed by atoms with Gasteiger partial charge in [0.25, 0.3) is 0 Å². The summed E-state index contributed by atoms with van der Waals surface area (Å²) < 4.78 is 0. The maximum atomic E-state index is 11.8. The molecule has 1 aliphatic heterocycles. The minimum absolute atomic E-state index is 0.0473. The molecule has 9 heteroatoms. The molecule has 1 saturated heterocycles. The van der Waals surface area contributed by atoms with Gasteiger partial charge in [-0.25, -0.2) is 9.97 Å². The first-order chi connectivity index (χ1) is 12.5. The summed E-state index contributed by atoms with van der Waals surface area (Å²) in [5.74, 6) is 0.371. The molecule has 0 radical (unpaired) electrons. The van der Waals surface area contributed by atoms with E-state index in [4.69, 9.17) is 11.6 Å². The van der Waals surface area contributed by atoms with Crippen molar-refractivity contribution in [2.45, 2.75) is 28.8 Å². The van der Waals surface area contributed by atoms with Crippen molar-refractivity contribution in [3.05, 3.63) is 45.7 Å². The van der Waals surface area contributed by atoms with Crippen LogP contribution in [0, 0.1) is 10.1 Å². The summed E-state index contributed by atoms with van der Waals surface area (Å²) >= 11 is 7.15. The molecule has 0 N–H and O–H groups in total. The van der Waals surface area contributed by atoms with Crippen LogP contribution < -0.4 is 4.90 Å². The molecule has 1 aromatic heterocycles. The van der Waals surface area contributed by atoms with E-state index in [9.17, 15) is 10.1 Å². The average molecular weight is 394 g/mol. The number of hydrogen-bond donors (Lipinski definition) is 0. The van der Waals surface area contributed by atoms with E-state index in [1.165, 1.54) is 18.1 Å². The molecule has 1 aromatic carbocycles. The molecule has 0 bridgehead atoms. The molecule has 7 nitrogen and oxygen atoms in total. The van der Waals surface area contributed by atoms with Gasteiger partial charge in [0.2, 0.25) is 5.82 Å². The molecule has 0 aliphatic carbocycles. The molecule has 2 heterocycles. The number of aromatic nitrogens is 2. The fourth-order valence-corrected chi connectivity index (χ4v) is 4.00. The molecule has 0 atom stereocenters. The quantitative estimate of drug-likeness (QED) is 0.435. The number of nitro groups is 1. The van der Waals surface area contributed by atoms with Crippen LogP contribution in [0.4, 0.5) is 11.5 Å². The summed E-state index contributed by atoms with van der Waals surface area (Å²) in [5.41, 5.74) is -0.0473. The van der Waals surface area contributed by atoms with Crippen LogP contribution in [0.2, 0.25) is 5.02 Å². The Labute approximate surface area is 161 Å². The van der Waals surface area contributed by atoms with Gasteiger partial charge in [0.1, 0.15) is 6.33 Å². The monoisotopic (exact) mass is 393 g/mol. The Morgan fingerprint density at radius 1 is 1.27 bits per heavy atom. The van der Waals surface area contributed by atoms with Crippen LogP contribution in [0.15, 0.2) is 40.5 Å². The minimum atomic E-state index is -0.390. The second-order valence-corrected chi connectivity index (χ2v) is 7.81. The second-order valence-electron chi connectivity index (χ2n) is 6.31. The Bertz CT molecular complexity index is 781. The van der Waals surface area contributed by atoms with E-state index >= 15 is 0 Å². The zero-order valence-corrected chi connectivity index (χ0v) is 16.2. The highest BCUT2D eigenvalue weighted by atomic mass is 35.5. The van der Waals surface area contributed by atoms with Gasteiger partial charge in [0.15, 0.2) is 5.03 Å². The fraction of sp³-hybridized carbons (Fsp3) is 0.412. The van der Waals surface area contributed by atoms with Crippen molar-refractivity contribution in [3.8, 4) is 0 Å². The summed E-state index contributed by atoms with van der Waals surface area (Å²) in [6, 6.07) is 7.37. The lowest BCUT2D eigenvalue weighted by Crippen LogP contribution is -2.42. The van der Waals surface area contributed by atoms with Gasteiger partial charge in [0, 0.05) is 23.0 Å². The molecule has 0 unspecified atom stereocenters. The van der Waals surface area contributed by atoms with Gasteiger partial charge >= 0.3 is 5.69 Å². The van der Waals surface area contributed by atoms with Crippen LogP contribution in [0.3, 0.4) is 0 Å². The third-order valence-electron chi connectivity index (χ3n) is 4.55. The highest BCUT2D eigenvalue weighted by molar-refractivity contribution is 7.99. The van der Waals surface area contributed by atoms with Gasteiger partial charge in [-0.05, 0) is 57.2 Å². The predicted octanol–water partition coefficient (Wildman–Crippen LogP) is 3.72. The third-order valence-corrected chi connectivity index (χ3v) is 5.80.